The lowest BCUT2D eigenvalue weighted by atomic mass is 10.1. The van der Waals surface area contributed by atoms with Crippen molar-refractivity contribution in [1.82, 2.24) is 5.32 Å². The Labute approximate surface area is 160 Å². The van der Waals surface area contributed by atoms with Gasteiger partial charge in [-0.15, -0.1) is 12.4 Å². The molecule has 8 heteroatoms. The molecular formula is C18H24ClN3O3S. The van der Waals surface area contributed by atoms with Crippen molar-refractivity contribution in [3.8, 4) is 0 Å². The van der Waals surface area contributed by atoms with E-state index >= 15 is 0 Å². The van der Waals surface area contributed by atoms with Crippen molar-refractivity contribution in [2.45, 2.75) is 25.2 Å². The number of hydrogen-bond donors (Lipinski definition) is 3. The number of nitrogens with two attached hydrogens (primary N) is 1. The number of carbonyl (C=O) groups excluding carboxylic acids is 1. The average molecular weight is 398 g/mol. The van der Waals surface area contributed by atoms with Gasteiger partial charge in [-0.1, -0.05) is 24.3 Å². The van der Waals surface area contributed by atoms with E-state index in [1.165, 1.54) is 12.1 Å². The minimum Gasteiger partial charge on any atom is -0.352 e. The standard InChI is InChI=1S/C18H23N3O3S.ClH/c1-13-8-9-15(12-16(13)18(22)20-11-5-10-19)25(23,24)21-17-7-4-3-6-14(17)2;/h3-4,6-9,12,21H,5,10-11,19H2,1-2H3,(H,20,22);1H. The summed E-state index contributed by atoms with van der Waals surface area (Å²) < 4.78 is 27.8. The fourth-order valence-corrected chi connectivity index (χ4v) is 3.46. The second-order valence-corrected chi connectivity index (χ2v) is 7.48. The molecule has 2 aromatic carbocycles. The van der Waals surface area contributed by atoms with Crippen molar-refractivity contribution in [3.05, 3.63) is 59.2 Å². The van der Waals surface area contributed by atoms with Gasteiger partial charge in [-0.2, -0.15) is 0 Å². The van der Waals surface area contributed by atoms with Gasteiger partial charge in [-0.3, -0.25) is 9.52 Å². The maximum Gasteiger partial charge on any atom is 0.261 e. The minimum absolute atomic E-state index is 0. The summed E-state index contributed by atoms with van der Waals surface area (Å²) in [6.45, 7) is 4.52. The predicted octanol–water partition coefficient (Wildman–Crippen LogP) is 2.60. The van der Waals surface area contributed by atoms with Gasteiger partial charge in [0.05, 0.1) is 10.6 Å². The molecule has 0 unspecified atom stereocenters. The number of sulfonamides is 1. The predicted molar refractivity (Wildman–Crippen MR) is 106 cm³/mol. The zero-order valence-corrected chi connectivity index (χ0v) is 16.4. The highest BCUT2D eigenvalue weighted by Crippen LogP contribution is 2.21. The highest BCUT2D eigenvalue weighted by Gasteiger charge is 2.18. The zero-order valence-electron chi connectivity index (χ0n) is 14.8. The number of para-hydroxylation sites is 1. The van der Waals surface area contributed by atoms with Crippen LogP contribution in [0.1, 0.15) is 27.9 Å². The van der Waals surface area contributed by atoms with E-state index in [1.807, 2.05) is 19.1 Å². The highest BCUT2D eigenvalue weighted by molar-refractivity contribution is 7.92. The van der Waals surface area contributed by atoms with Crippen molar-refractivity contribution in [2.24, 2.45) is 5.73 Å². The van der Waals surface area contributed by atoms with Crippen molar-refractivity contribution in [2.75, 3.05) is 17.8 Å². The Morgan fingerprint density at radius 1 is 1.08 bits per heavy atom. The molecule has 2 aromatic rings. The van der Waals surface area contributed by atoms with Crippen LogP contribution in [0.4, 0.5) is 5.69 Å². The Kier molecular flexibility index (Phi) is 8.08. The molecule has 0 bridgehead atoms. The smallest absolute Gasteiger partial charge is 0.261 e. The number of rotatable bonds is 7. The normalized spacial score (nSPS) is 10.7. The molecule has 0 saturated carbocycles. The topological polar surface area (TPSA) is 101 Å². The van der Waals surface area contributed by atoms with E-state index in [0.29, 0.717) is 36.3 Å². The van der Waals surface area contributed by atoms with Crippen LogP contribution in [0.5, 0.6) is 0 Å². The summed E-state index contributed by atoms with van der Waals surface area (Å²) in [5.74, 6) is -0.307. The average Bonchev–Trinajstić information content (AvgIpc) is 2.57. The first-order valence-corrected chi connectivity index (χ1v) is 9.51. The van der Waals surface area contributed by atoms with E-state index in [0.717, 1.165) is 5.56 Å². The third-order valence-electron chi connectivity index (χ3n) is 3.82. The van der Waals surface area contributed by atoms with E-state index < -0.39 is 10.0 Å². The fraction of sp³-hybridized carbons (Fsp3) is 0.278. The number of benzene rings is 2. The van der Waals surface area contributed by atoms with E-state index in [9.17, 15) is 13.2 Å². The summed E-state index contributed by atoms with van der Waals surface area (Å²) in [6.07, 6.45) is 0.664. The molecule has 0 spiro atoms. The molecule has 6 nitrogen and oxygen atoms in total. The second kappa shape index (κ2) is 9.56. The molecule has 26 heavy (non-hydrogen) atoms. The molecule has 0 aromatic heterocycles. The molecule has 0 heterocycles. The Morgan fingerprint density at radius 2 is 1.77 bits per heavy atom. The van der Waals surface area contributed by atoms with Crippen LogP contribution in [0.15, 0.2) is 47.4 Å². The van der Waals surface area contributed by atoms with Crippen LogP contribution in [0.25, 0.3) is 0 Å². The molecule has 2 rings (SSSR count). The first-order chi connectivity index (χ1) is 11.8. The van der Waals surface area contributed by atoms with Crippen LogP contribution in [-0.2, 0) is 10.0 Å². The van der Waals surface area contributed by atoms with Crippen LogP contribution >= 0.6 is 12.4 Å². The van der Waals surface area contributed by atoms with Gasteiger partial charge in [0, 0.05) is 12.1 Å². The molecule has 142 valence electrons. The van der Waals surface area contributed by atoms with Crippen LogP contribution in [0.3, 0.4) is 0 Å². The third-order valence-corrected chi connectivity index (χ3v) is 5.18. The maximum atomic E-state index is 12.6. The first-order valence-electron chi connectivity index (χ1n) is 8.02. The van der Waals surface area contributed by atoms with Crippen molar-refractivity contribution >= 4 is 34.0 Å². The van der Waals surface area contributed by atoms with Gasteiger partial charge in [-0.25, -0.2) is 8.42 Å². The molecule has 0 aliphatic rings. The Balaban J connectivity index is 0.00000338. The largest absolute Gasteiger partial charge is 0.352 e. The molecule has 0 aliphatic heterocycles. The van der Waals surface area contributed by atoms with Crippen LogP contribution in [-0.4, -0.2) is 27.4 Å². The number of aryl methyl sites for hydroxylation is 2. The van der Waals surface area contributed by atoms with Crippen molar-refractivity contribution < 1.29 is 13.2 Å². The number of anilines is 1. The number of amides is 1. The molecule has 0 radical (unpaired) electrons. The van der Waals surface area contributed by atoms with E-state index in [-0.39, 0.29) is 23.2 Å². The molecule has 0 saturated heterocycles. The Bertz CT molecular complexity index is 870. The van der Waals surface area contributed by atoms with Gasteiger partial charge in [-0.05, 0) is 56.1 Å². The van der Waals surface area contributed by atoms with Crippen LogP contribution < -0.4 is 15.8 Å². The number of nitrogens with one attached hydrogen (secondary N) is 2. The number of carbonyl (C=O) groups is 1. The summed E-state index contributed by atoms with van der Waals surface area (Å²) in [5.41, 5.74) is 7.79. The molecule has 1 amide bonds. The van der Waals surface area contributed by atoms with Gasteiger partial charge in [0.2, 0.25) is 0 Å². The van der Waals surface area contributed by atoms with Gasteiger partial charge < -0.3 is 11.1 Å². The molecular weight excluding hydrogens is 374 g/mol. The Hall–Kier alpha value is -2.09. The molecule has 0 fully saturated rings. The minimum atomic E-state index is -3.78. The second-order valence-electron chi connectivity index (χ2n) is 5.80. The lowest BCUT2D eigenvalue weighted by molar-refractivity contribution is 0.0952. The number of hydrogen-bond acceptors (Lipinski definition) is 4. The lowest BCUT2D eigenvalue weighted by Crippen LogP contribution is -2.27. The van der Waals surface area contributed by atoms with E-state index in [4.69, 9.17) is 5.73 Å². The third kappa shape index (κ3) is 5.45. The van der Waals surface area contributed by atoms with Crippen molar-refractivity contribution in [1.29, 1.82) is 0 Å². The Morgan fingerprint density at radius 3 is 2.42 bits per heavy atom. The van der Waals surface area contributed by atoms with E-state index in [2.05, 4.69) is 10.0 Å². The van der Waals surface area contributed by atoms with E-state index in [1.54, 1.807) is 25.1 Å². The monoisotopic (exact) mass is 397 g/mol. The fourth-order valence-electron chi connectivity index (χ4n) is 2.30. The van der Waals surface area contributed by atoms with Crippen LogP contribution in [0.2, 0.25) is 0 Å². The maximum absolute atomic E-state index is 12.6. The van der Waals surface area contributed by atoms with Gasteiger partial charge >= 0.3 is 0 Å². The quantitative estimate of drug-likeness (QED) is 0.625. The van der Waals surface area contributed by atoms with Gasteiger partial charge in [0.15, 0.2) is 0 Å². The summed E-state index contributed by atoms with van der Waals surface area (Å²) in [4.78, 5) is 12.3. The summed E-state index contributed by atoms with van der Waals surface area (Å²) in [5, 5.41) is 2.74. The first kappa shape index (κ1) is 22.0. The van der Waals surface area contributed by atoms with Gasteiger partial charge in [0.1, 0.15) is 0 Å². The summed E-state index contributed by atoms with van der Waals surface area (Å²) in [7, 11) is -3.78. The zero-order chi connectivity index (χ0) is 18.4. The molecule has 4 N–H and O–H groups in total. The molecule has 0 aliphatic carbocycles. The lowest BCUT2D eigenvalue weighted by Gasteiger charge is -2.13. The van der Waals surface area contributed by atoms with Crippen molar-refractivity contribution in [3.63, 3.8) is 0 Å². The van der Waals surface area contributed by atoms with Crippen LogP contribution in [0, 0.1) is 13.8 Å². The highest BCUT2D eigenvalue weighted by atomic mass is 35.5. The molecule has 0 atom stereocenters. The summed E-state index contributed by atoms with van der Waals surface area (Å²) in [6, 6.07) is 11.6. The SMILES string of the molecule is Cc1ccccc1NS(=O)(=O)c1ccc(C)c(C(=O)NCCCN)c1.Cl. The number of halogens is 1. The summed E-state index contributed by atoms with van der Waals surface area (Å²) >= 11 is 0. The van der Waals surface area contributed by atoms with Gasteiger partial charge in [0.25, 0.3) is 15.9 Å².